The van der Waals surface area contributed by atoms with Gasteiger partial charge < -0.3 is 5.32 Å². The van der Waals surface area contributed by atoms with E-state index in [1.54, 1.807) is 12.1 Å². The molecule has 6 nitrogen and oxygen atoms in total. The van der Waals surface area contributed by atoms with Crippen LogP contribution in [0.3, 0.4) is 0 Å². The Labute approximate surface area is 167 Å². The number of rotatable bonds is 8. The van der Waals surface area contributed by atoms with E-state index in [-0.39, 0.29) is 16.8 Å². The molecule has 8 heteroatoms. The van der Waals surface area contributed by atoms with Gasteiger partial charge in [-0.2, -0.15) is 4.31 Å². The highest BCUT2D eigenvalue weighted by molar-refractivity contribution is 7.99. The van der Waals surface area contributed by atoms with Crippen molar-refractivity contribution in [1.82, 2.24) is 14.6 Å². The number of carbonyl (C=O) groups excluding carboxylic acids is 1. The zero-order chi connectivity index (χ0) is 19.7. The van der Waals surface area contributed by atoms with E-state index in [4.69, 9.17) is 0 Å². The van der Waals surface area contributed by atoms with E-state index < -0.39 is 10.0 Å². The number of hydrogen-bond donors (Lipinski definition) is 1. The predicted molar refractivity (Wildman–Crippen MR) is 109 cm³/mol. The molecule has 152 valence electrons. The lowest BCUT2D eigenvalue weighted by Crippen LogP contribution is -2.36. The third kappa shape index (κ3) is 6.76. The Morgan fingerprint density at radius 3 is 2.33 bits per heavy atom. The van der Waals surface area contributed by atoms with Gasteiger partial charge in [-0.05, 0) is 25.0 Å². The van der Waals surface area contributed by atoms with Crippen molar-refractivity contribution < 1.29 is 13.2 Å². The zero-order valence-electron chi connectivity index (χ0n) is 16.3. The molecule has 0 spiro atoms. The summed E-state index contributed by atoms with van der Waals surface area (Å²) in [6.07, 6.45) is 9.69. The lowest BCUT2D eigenvalue weighted by molar-refractivity contribution is -0.119. The topological polar surface area (TPSA) is 79.4 Å². The molecule has 1 aromatic rings. The molecule has 1 aromatic heterocycles. The molecule has 1 saturated carbocycles. The normalized spacial score (nSPS) is 16.7. The van der Waals surface area contributed by atoms with E-state index in [9.17, 15) is 13.2 Å². The van der Waals surface area contributed by atoms with Gasteiger partial charge in [0, 0.05) is 25.3 Å². The molecule has 0 bridgehead atoms. The first-order valence-corrected chi connectivity index (χ1v) is 12.3. The largest absolute Gasteiger partial charge is 0.353 e. The number of nitrogens with zero attached hydrogens (tertiary/aromatic N) is 2. The number of sulfonamides is 1. The van der Waals surface area contributed by atoms with Crippen molar-refractivity contribution in [2.75, 3.05) is 18.8 Å². The van der Waals surface area contributed by atoms with Crippen LogP contribution in [0, 0.1) is 0 Å². The minimum absolute atomic E-state index is 0.0206. The second-order valence-corrected chi connectivity index (χ2v) is 9.75. The summed E-state index contributed by atoms with van der Waals surface area (Å²) in [5.41, 5.74) is 0. The van der Waals surface area contributed by atoms with Crippen molar-refractivity contribution in [3.05, 3.63) is 18.3 Å². The molecular formula is C19H31N3O3S2. The fourth-order valence-corrected chi connectivity index (χ4v) is 5.38. The van der Waals surface area contributed by atoms with Crippen molar-refractivity contribution in [2.45, 2.75) is 74.8 Å². The standard InChI is InChI=1S/C19H31N3O3S2/c1-3-22(4-2)27(24,25)17-12-13-19(20-14-17)26-15-18(23)21-16-10-8-6-5-7-9-11-16/h12-14,16H,3-11,15H2,1-2H3,(H,21,23). The van der Waals surface area contributed by atoms with Crippen LogP contribution in [0.25, 0.3) is 0 Å². The number of thioether (sulfide) groups is 1. The molecule has 1 N–H and O–H groups in total. The smallest absolute Gasteiger partial charge is 0.244 e. The third-order valence-electron chi connectivity index (χ3n) is 4.87. The Morgan fingerprint density at radius 1 is 1.15 bits per heavy atom. The molecule has 0 aliphatic heterocycles. The van der Waals surface area contributed by atoms with Crippen LogP contribution in [0.5, 0.6) is 0 Å². The lowest BCUT2D eigenvalue weighted by Gasteiger charge is -2.21. The SMILES string of the molecule is CCN(CC)S(=O)(=O)c1ccc(SCC(=O)NC2CCCCCCC2)nc1. The number of pyridine rings is 1. The zero-order valence-corrected chi connectivity index (χ0v) is 17.9. The summed E-state index contributed by atoms with van der Waals surface area (Å²) >= 11 is 1.33. The van der Waals surface area contributed by atoms with Crippen LogP contribution in [-0.2, 0) is 14.8 Å². The molecule has 2 rings (SSSR count). The lowest BCUT2D eigenvalue weighted by atomic mass is 9.97. The number of nitrogens with one attached hydrogen (secondary N) is 1. The van der Waals surface area contributed by atoms with Gasteiger partial charge in [0.25, 0.3) is 0 Å². The van der Waals surface area contributed by atoms with Crippen molar-refractivity contribution >= 4 is 27.7 Å². The average Bonchev–Trinajstić information content (AvgIpc) is 2.63. The first-order chi connectivity index (χ1) is 13.0. The van der Waals surface area contributed by atoms with Gasteiger partial charge in [0.1, 0.15) is 4.90 Å². The number of amides is 1. The van der Waals surface area contributed by atoms with Gasteiger partial charge >= 0.3 is 0 Å². The van der Waals surface area contributed by atoms with E-state index in [1.807, 2.05) is 13.8 Å². The molecule has 1 amide bonds. The van der Waals surface area contributed by atoms with E-state index in [1.165, 1.54) is 54.4 Å². The highest BCUT2D eigenvalue weighted by Crippen LogP contribution is 2.20. The summed E-state index contributed by atoms with van der Waals surface area (Å²) in [5.74, 6) is 0.318. The third-order valence-corrected chi connectivity index (χ3v) is 7.85. The molecule has 1 aliphatic rings. The average molecular weight is 414 g/mol. The van der Waals surface area contributed by atoms with Crippen molar-refractivity contribution in [3.63, 3.8) is 0 Å². The molecule has 0 radical (unpaired) electrons. The predicted octanol–water partition coefficient (Wildman–Crippen LogP) is 3.43. The number of carbonyl (C=O) groups is 1. The quantitative estimate of drug-likeness (QED) is 0.661. The van der Waals surface area contributed by atoms with Crippen LogP contribution in [0.15, 0.2) is 28.3 Å². The number of aromatic nitrogens is 1. The minimum Gasteiger partial charge on any atom is -0.353 e. The molecule has 27 heavy (non-hydrogen) atoms. The molecule has 0 aromatic carbocycles. The fraction of sp³-hybridized carbons (Fsp3) is 0.684. The molecule has 1 fully saturated rings. The van der Waals surface area contributed by atoms with Crippen molar-refractivity contribution in [2.24, 2.45) is 0 Å². The summed E-state index contributed by atoms with van der Waals surface area (Å²) in [6, 6.07) is 3.52. The van der Waals surface area contributed by atoms with Crippen molar-refractivity contribution in [1.29, 1.82) is 0 Å². The van der Waals surface area contributed by atoms with Crippen LogP contribution < -0.4 is 5.32 Å². The van der Waals surface area contributed by atoms with E-state index >= 15 is 0 Å². The van der Waals surface area contributed by atoms with Gasteiger partial charge in [0.05, 0.1) is 10.8 Å². The van der Waals surface area contributed by atoms with Gasteiger partial charge in [0.2, 0.25) is 15.9 Å². The van der Waals surface area contributed by atoms with Gasteiger partial charge in [-0.3, -0.25) is 4.79 Å². The van der Waals surface area contributed by atoms with Crippen LogP contribution in [0.2, 0.25) is 0 Å². The van der Waals surface area contributed by atoms with Crippen molar-refractivity contribution in [3.8, 4) is 0 Å². The molecular weight excluding hydrogens is 382 g/mol. The Kier molecular flexibility index (Phi) is 9.05. The summed E-state index contributed by atoms with van der Waals surface area (Å²) in [6.45, 7) is 4.48. The van der Waals surface area contributed by atoms with E-state index in [0.717, 1.165) is 12.8 Å². The second-order valence-electron chi connectivity index (χ2n) is 6.82. The Bertz CT molecular complexity index is 681. The monoisotopic (exact) mass is 413 g/mol. The summed E-state index contributed by atoms with van der Waals surface area (Å²) in [5, 5.41) is 3.79. The molecule has 0 atom stereocenters. The van der Waals surface area contributed by atoms with Crippen LogP contribution in [0.1, 0.15) is 58.8 Å². The molecule has 0 saturated heterocycles. The Balaban J connectivity index is 1.86. The van der Waals surface area contributed by atoms with Crippen LogP contribution >= 0.6 is 11.8 Å². The molecule has 1 heterocycles. The summed E-state index contributed by atoms with van der Waals surface area (Å²) in [4.78, 5) is 16.6. The van der Waals surface area contributed by atoms with Gasteiger partial charge in [-0.1, -0.05) is 57.7 Å². The first kappa shape index (κ1) is 22.2. The van der Waals surface area contributed by atoms with E-state index in [2.05, 4.69) is 10.3 Å². The molecule has 0 unspecified atom stereocenters. The van der Waals surface area contributed by atoms with Gasteiger partial charge in [0.15, 0.2) is 0 Å². The maximum atomic E-state index is 12.5. The summed E-state index contributed by atoms with van der Waals surface area (Å²) < 4.78 is 26.3. The van der Waals surface area contributed by atoms with E-state index in [0.29, 0.717) is 23.9 Å². The highest BCUT2D eigenvalue weighted by atomic mass is 32.2. The van der Waals surface area contributed by atoms with Crippen LogP contribution in [-0.4, -0.2) is 48.5 Å². The van der Waals surface area contributed by atoms with Gasteiger partial charge in [-0.25, -0.2) is 13.4 Å². The minimum atomic E-state index is -3.49. The molecule has 1 aliphatic carbocycles. The summed E-state index contributed by atoms with van der Waals surface area (Å²) in [7, 11) is -3.49. The Morgan fingerprint density at radius 2 is 1.78 bits per heavy atom. The first-order valence-electron chi connectivity index (χ1n) is 9.85. The second kappa shape index (κ2) is 11.0. The Hall–Kier alpha value is -1.12. The number of hydrogen-bond acceptors (Lipinski definition) is 5. The maximum Gasteiger partial charge on any atom is 0.244 e. The van der Waals surface area contributed by atoms with Gasteiger partial charge in [-0.15, -0.1) is 0 Å². The fourth-order valence-electron chi connectivity index (χ4n) is 3.33. The highest BCUT2D eigenvalue weighted by Gasteiger charge is 2.22. The maximum absolute atomic E-state index is 12.5. The van der Waals surface area contributed by atoms with Crippen LogP contribution in [0.4, 0.5) is 0 Å².